The average Bonchev–Trinajstić information content (AvgIpc) is 2.84. The molecule has 1 fully saturated rings. The zero-order valence-electron chi connectivity index (χ0n) is 9.31. The minimum Gasteiger partial charge on any atom is -0.459 e. The minimum absolute atomic E-state index is 0.0510. The lowest BCUT2D eigenvalue weighted by Gasteiger charge is -2.22. The van der Waals surface area contributed by atoms with E-state index < -0.39 is 0 Å². The molecule has 1 atom stereocenters. The lowest BCUT2D eigenvalue weighted by atomic mass is 10.1. The van der Waals surface area contributed by atoms with Crippen LogP contribution in [0.15, 0.2) is 22.8 Å². The molecule has 86 valence electrons. The molecule has 0 aromatic carbocycles. The summed E-state index contributed by atoms with van der Waals surface area (Å²) in [6, 6.07) is 3.41. The van der Waals surface area contributed by atoms with Gasteiger partial charge in [0.25, 0.3) is 5.91 Å². The SMILES string of the molecule is CC(=O)CC1CCCN1C(=O)c1ccco1. The fraction of sp³-hybridized carbons (Fsp3) is 0.500. The number of rotatable bonds is 3. The maximum atomic E-state index is 12.0. The maximum absolute atomic E-state index is 12.0. The normalized spacial score (nSPS) is 20.1. The van der Waals surface area contributed by atoms with Gasteiger partial charge in [-0.25, -0.2) is 0 Å². The molecule has 1 aliphatic heterocycles. The van der Waals surface area contributed by atoms with Crippen LogP contribution < -0.4 is 0 Å². The first-order valence-corrected chi connectivity index (χ1v) is 5.52. The topological polar surface area (TPSA) is 50.5 Å². The number of hydrogen-bond acceptors (Lipinski definition) is 3. The van der Waals surface area contributed by atoms with Gasteiger partial charge < -0.3 is 9.32 Å². The molecule has 0 bridgehead atoms. The largest absolute Gasteiger partial charge is 0.459 e. The number of carbonyl (C=O) groups excluding carboxylic acids is 2. The van der Waals surface area contributed by atoms with Crippen molar-refractivity contribution in [1.29, 1.82) is 0 Å². The maximum Gasteiger partial charge on any atom is 0.289 e. The molecule has 0 radical (unpaired) electrons. The van der Waals surface area contributed by atoms with Crippen LogP contribution in [-0.4, -0.2) is 29.2 Å². The molecule has 1 unspecified atom stereocenters. The Hall–Kier alpha value is -1.58. The fourth-order valence-corrected chi connectivity index (χ4v) is 2.19. The Morgan fingerprint density at radius 3 is 3.00 bits per heavy atom. The van der Waals surface area contributed by atoms with Crippen LogP contribution in [0.1, 0.15) is 36.7 Å². The third-order valence-corrected chi connectivity index (χ3v) is 2.89. The number of carbonyl (C=O) groups is 2. The molecule has 4 heteroatoms. The van der Waals surface area contributed by atoms with Crippen molar-refractivity contribution in [2.24, 2.45) is 0 Å². The van der Waals surface area contributed by atoms with Crippen molar-refractivity contribution in [2.75, 3.05) is 6.54 Å². The van der Waals surface area contributed by atoms with Gasteiger partial charge in [0.2, 0.25) is 0 Å². The lowest BCUT2D eigenvalue weighted by Crippen LogP contribution is -2.36. The molecule has 0 spiro atoms. The van der Waals surface area contributed by atoms with Crippen molar-refractivity contribution >= 4 is 11.7 Å². The van der Waals surface area contributed by atoms with Crippen LogP contribution in [0, 0.1) is 0 Å². The number of amides is 1. The summed E-state index contributed by atoms with van der Waals surface area (Å²) < 4.78 is 5.08. The molecular weight excluding hydrogens is 206 g/mol. The van der Waals surface area contributed by atoms with Crippen LogP contribution in [-0.2, 0) is 4.79 Å². The molecule has 2 heterocycles. The van der Waals surface area contributed by atoms with Gasteiger partial charge in [-0.3, -0.25) is 9.59 Å². The van der Waals surface area contributed by atoms with E-state index in [1.54, 1.807) is 24.0 Å². The molecule has 0 N–H and O–H groups in total. The minimum atomic E-state index is -0.103. The number of furan rings is 1. The first kappa shape index (κ1) is 10.9. The lowest BCUT2D eigenvalue weighted by molar-refractivity contribution is -0.117. The Bertz CT molecular complexity index is 383. The third kappa shape index (κ3) is 2.15. The predicted molar refractivity (Wildman–Crippen MR) is 58.1 cm³/mol. The van der Waals surface area contributed by atoms with Crippen molar-refractivity contribution in [3.8, 4) is 0 Å². The molecule has 1 aliphatic rings. The zero-order valence-corrected chi connectivity index (χ0v) is 9.31. The second-order valence-electron chi connectivity index (χ2n) is 4.18. The first-order chi connectivity index (χ1) is 7.68. The Morgan fingerprint density at radius 2 is 2.38 bits per heavy atom. The van der Waals surface area contributed by atoms with Gasteiger partial charge in [0.05, 0.1) is 6.26 Å². The Kier molecular flexibility index (Phi) is 3.08. The second-order valence-corrected chi connectivity index (χ2v) is 4.18. The third-order valence-electron chi connectivity index (χ3n) is 2.89. The van der Waals surface area contributed by atoms with E-state index in [4.69, 9.17) is 4.42 Å². The highest BCUT2D eigenvalue weighted by Crippen LogP contribution is 2.22. The van der Waals surface area contributed by atoms with Crippen LogP contribution >= 0.6 is 0 Å². The summed E-state index contributed by atoms with van der Waals surface area (Å²) in [6.07, 6.45) is 3.81. The molecular formula is C12H15NO3. The van der Waals surface area contributed by atoms with Crippen molar-refractivity contribution in [1.82, 2.24) is 4.90 Å². The number of likely N-dealkylation sites (tertiary alicyclic amines) is 1. The monoisotopic (exact) mass is 221 g/mol. The highest BCUT2D eigenvalue weighted by molar-refractivity contribution is 5.92. The van der Waals surface area contributed by atoms with E-state index in [0.29, 0.717) is 12.2 Å². The van der Waals surface area contributed by atoms with Gasteiger partial charge in [-0.15, -0.1) is 0 Å². The summed E-state index contributed by atoms with van der Waals surface area (Å²) in [5, 5.41) is 0. The molecule has 1 aromatic rings. The number of Topliss-reactive ketones (excluding diaryl/α,β-unsaturated/α-hetero) is 1. The van der Waals surface area contributed by atoms with Crippen LogP contribution in [0.4, 0.5) is 0 Å². The van der Waals surface area contributed by atoms with E-state index in [0.717, 1.165) is 19.4 Å². The van der Waals surface area contributed by atoms with Gasteiger partial charge >= 0.3 is 0 Å². The molecule has 1 aromatic heterocycles. The Morgan fingerprint density at radius 1 is 1.56 bits per heavy atom. The molecule has 2 rings (SSSR count). The number of ketones is 1. The highest BCUT2D eigenvalue weighted by Gasteiger charge is 2.31. The fourth-order valence-electron chi connectivity index (χ4n) is 2.19. The van der Waals surface area contributed by atoms with E-state index in [9.17, 15) is 9.59 Å². The first-order valence-electron chi connectivity index (χ1n) is 5.52. The molecule has 16 heavy (non-hydrogen) atoms. The standard InChI is InChI=1S/C12H15NO3/c1-9(14)8-10-4-2-6-13(10)12(15)11-5-3-7-16-11/h3,5,7,10H,2,4,6,8H2,1H3. The van der Waals surface area contributed by atoms with Gasteiger partial charge in [-0.2, -0.15) is 0 Å². The predicted octanol–water partition coefficient (Wildman–Crippen LogP) is 1.86. The van der Waals surface area contributed by atoms with E-state index in [1.807, 2.05) is 0 Å². The van der Waals surface area contributed by atoms with Crippen LogP contribution in [0.2, 0.25) is 0 Å². The second kappa shape index (κ2) is 4.51. The Balaban J connectivity index is 2.08. The molecule has 1 amide bonds. The Labute approximate surface area is 94.2 Å². The van der Waals surface area contributed by atoms with Crippen molar-refractivity contribution in [3.05, 3.63) is 24.2 Å². The van der Waals surface area contributed by atoms with Gasteiger partial charge in [0.15, 0.2) is 5.76 Å². The summed E-state index contributed by atoms with van der Waals surface area (Å²) in [7, 11) is 0. The van der Waals surface area contributed by atoms with E-state index in [1.165, 1.54) is 6.26 Å². The summed E-state index contributed by atoms with van der Waals surface area (Å²) in [6.45, 7) is 2.28. The zero-order chi connectivity index (χ0) is 11.5. The average molecular weight is 221 g/mol. The summed E-state index contributed by atoms with van der Waals surface area (Å²) in [4.78, 5) is 24.9. The van der Waals surface area contributed by atoms with E-state index in [-0.39, 0.29) is 17.7 Å². The van der Waals surface area contributed by atoms with Gasteiger partial charge in [-0.1, -0.05) is 0 Å². The molecule has 4 nitrogen and oxygen atoms in total. The molecule has 1 saturated heterocycles. The van der Waals surface area contributed by atoms with Crippen molar-refractivity contribution < 1.29 is 14.0 Å². The van der Waals surface area contributed by atoms with Crippen molar-refractivity contribution in [2.45, 2.75) is 32.2 Å². The highest BCUT2D eigenvalue weighted by atomic mass is 16.3. The van der Waals surface area contributed by atoms with E-state index >= 15 is 0 Å². The van der Waals surface area contributed by atoms with Crippen LogP contribution in [0.25, 0.3) is 0 Å². The number of hydrogen-bond donors (Lipinski definition) is 0. The number of nitrogens with zero attached hydrogens (tertiary/aromatic N) is 1. The van der Waals surface area contributed by atoms with Gasteiger partial charge in [-0.05, 0) is 31.9 Å². The summed E-state index contributed by atoms with van der Waals surface area (Å²) >= 11 is 0. The molecule has 0 saturated carbocycles. The molecule has 0 aliphatic carbocycles. The van der Waals surface area contributed by atoms with Gasteiger partial charge in [0, 0.05) is 19.0 Å². The van der Waals surface area contributed by atoms with Gasteiger partial charge in [0.1, 0.15) is 5.78 Å². The van der Waals surface area contributed by atoms with Crippen LogP contribution in [0.3, 0.4) is 0 Å². The quantitative estimate of drug-likeness (QED) is 0.782. The smallest absolute Gasteiger partial charge is 0.289 e. The van der Waals surface area contributed by atoms with E-state index in [2.05, 4.69) is 0 Å². The summed E-state index contributed by atoms with van der Waals surface area (Å²) in [5.41, 5.74) is 0. The summed E-state index contributed by atoms with van der Waals surface area (Å²) in [5.74, 6) is 0.383. The van der Waals surface area contributed by atoms with Crippen molar-refractivity contribution in [3.63, 3.8) is 0 Å². The van der Waals surface area contributed by atoms with Crippen LogP contribution in [0.5, 0.6) is 0 Å².